The van der Waals surface area contributed by atoms with Crippen LogP contribution in [-0.4, -0.2) is 21.0 Å². The molecule has 0 atom stereocenters. The van der Waals surface area contributed by atoms with Gasteiger partial charge in [-0.3, -0.25) is 9.78 Å². The number of aromatic nitrogens is 3. The number of rotatable bonds is 2. The molecule has 2 aromatic heterocycles. The van der Waals surface area contributed by atoms with Crippen LogP contribution in [0.5, 0.6) is 0 Å². The summed E-state index contributed by atoms with van der Waals surface area (Å²) in [5.41, 5.74) is 4.49. The van der Waals surface area contributed by atoms with Gasteiger partial charge in [0.1, 0.15) is 0 Å². The highest BCUT2D eigenvalue weighted by Crippen LogP contribution is 2.18. The van der Waals surface area contributed by atoms with Crippen molar-refractivity contribution in [3.05, 3.63) is 64.6 Å². The van der Waals surface area contributed by atoms with Crippen molar-refractivity contribution in [3.8, 4) is 0 Å². The van der Waals surface area contributed by atoms with Crippen LogP contribution in [0.25, 0.3) is 10.9 Å². The second kappa shape index (κ2) is 5.05. The molecular formula is C17H15N3O. The molecule has 3 aromatic rings. The van der Waals surface area contributed by atoms with Gasteiger partial charge < -0.3 is 0 Å². The highest BCUT2D eigenvalue weighted by Gasteiger charge is 2.14. The number of hydrogen-bond donors (Lipinski definition) is 0. The topological polar surface area (TPSA) is 55.7 Å². The molecule has 1 aromatic carbocycles. The Morgan fingerprint density at radius 1 is 0.905 bits per heavy atom. The Bertz CT molecular complexity index is 856. The largest absolute Gasteiger partial charge is 0.289 e. The zero-order valence-corrected chi connectivity index (χ0v) is 12.2. The molecule has 0 unspecified atom stereocenters. The molecule has 0 aliphatic carbocycles. The van der Waals surface area contributed by atoms with E-state index in [9.17, 15) is 4.79 Å². The van der Waals surface area contributed by atoms with E-state index in [-0.39, 0.29) is 5.78 Å². The van der Waals surface area contributed by atoms with Crippen molar-refractivity contribution in [2.45, 2.75) is 20.8 Å². The molecule has 0 saturated heterocycles. The van der Waals surface area contributed by atoms with Gasteiger partial charge in [-0.1, -0.05) is 6.07 Å². The molecule has 0 saturated carbocycles. The molecule has 0 N–H and O–H groups in total. The molecule has 104 valence electrons. The summed E-state index contributed by atoms with van der Waals surface area (Å²) in [5.74, 6) is -0.0343. The van der Waals surface area contributed by atoms with Crippen molar-refractivity contribution in [3.63, 3.8) is 0 Å². The number of carbonyl (C=O) groups excluding carboxylic acids is 1. The monoisotopic (exact) mass is 277 g/mol. The van der Waals surface area contributed by atoms with Crippen molar-refractivity contribution in [2.75, 3.05) is 0 Å². The molecule has 0 fully saturated rings. The van der Waals surface area contributed by atoms with Gasteiger partial charge in [-0.25, -0.2) is 0 Å². The first-order valence-electron chi connectivity index (χ1n) is 6.77. The van der Waals surface area contributed by atoms with Crippen molar-refractivity contribution < 1.29 is 4.79 Å². The van der Waals surface area contributed by atoms with Gasteiger partial charge in [0, 0.05) is 22.2 Å². The Kier molecular flexibility index (Phi) is 3.22. The summed E-state index contributed by atoms with van der Waals surface area (Å²) in [5, 5.41) is 8.94. The predicted octanol–water partition coefficient (Wildman–Crippen LogP) is 3.18. The molecule has 21 heavy (non-hydrogen) atoms. The summed E-state index contributed by atoms with van der Waals surface area (Å²) in [6.07, 6.45) is 0. The van der Waals surface area contributed by atoms with Crippen LogP contribution in [0, 0.1) is 20.8 Å². The minimum atomic E-state index is -0.0343. The highest BCUT2D eigenvalue weighted by atomic mass is 16.1. The van der Waals surface area contributed by atoms with Crippen LogP contribution in [0.3, 0.4) is 0 Å². The predicted molar refractivity (Wildman–Crippen MR) is 81.4 cm³/mol. The maximum absolute atomic E-state index is 12.6. The van der Waals surface area contributed by atoms with Crippen LogP contribution in [0.2, 0.25) is 0 Å². The normalized spacial score (nSPS) is 10.8. The summed E-state index contributed by atoms with van der Waals surface area (Å²) in [7, 11) is 0. The molecule has 4 nitrogen and oxygen atoms in total. The minimum absolute atomic E-state index is 0.0343. The quantitative estimate of drug-likeness (QED) is 0.675. The van der Waals surface area contributed by atoms with Gasteiger partial charge >= 0.3 is 0 Å². The third kappa shape index (κ3) is 2.52. The summed E-state index contributed by atoms with van der Waals surface area (Å²) >= 11 is 0. The van der Waals surface area contributed by atoms with Crippen LogP contribution in [0.4, 0.5) is 0 Å². The zero-order chi connectivity index (χ0) is 15.0. The Labute approximate surface area is 122 Å². The zero-order valence-electron chi connectivity index (χ0n) is 12.2. The van der Waals surface area contributed by atoms with Crippen LogP contribution in [0.1, 0.15) is 33.0 Å². The van der Waals surface area contributed by atoms with Gasteiger partial charge in [-0.15, -0.1) is 0 Å². The van der Waals surface area contributed by atoms with Gasteiger partial charge in [0.15, 0.2) is 5.78 Å². The van der Waals surface area contributed by atoms with Gasteiger partial charge in [0.2, 0.25) is 0 Å². The van der Waals surface area contributed by atoms with E-state index in [0.717, 1.165) is 22.3 Å². The van der Waals surface area contributed by atoms with E-state index in [1.54, 1.807) is 13.0 Å². The number of ketones is 1. The lowest BCUT2D eigenvalue weighted by Gasteiger charge is -2.06. The van der Waals surface area contributed by atoms with Gasteiger partial charge in [-0.2, -0.15) is 10.2 Å². The number of benzene rings is 1. The van der Waals surface area contributed by atoms with E-state index in [1.165, 1.54) is 0 Å². The fourth-order valence-electron chi connectivity index (χ4n) is 2.30. The fourth-order valence-corrected chi connectivity index (χ4v) is 2.30. The molecule has 0 radical (unpaired) electrons. The van der Waals surface area contributed by atoms with E-state index >= 15 is 0 Å². The lowest BCUT2D eigenvalue weighted by atomic mass is 10.0. The molecule has 0 aliphatic rings. The van der Waals surface area contributed by atoms with Crippen molar-refractivity contribution in [1.29, 1.82) is 0 Å². The molecule has 0 bridgehead atoms. The summed E-state index contributed by atoms with van der Waals surface area (Å²) in [6, 6.07) is 11.3. The number of pyridine rings is 1. The summed E-state index contributed by atoms with van der Waals surface area (Å²) in [6.45, 7) is 5.58. The van der Waals surface area contributed by atoms with Crippen molar-refractivity contribution >= 4 is 16.7 Å². The SMILES string of the molecule is Cc1cc(C(=O)c2ccc3nc(C)ccc3c2)c(C)nn1. The van der Waals surface area contributed by atoms with E-state index in [2.05, 4.69) is 15.2 Å². The Hall–Kier alpha value is -2.62. The maximum Gasteiger partial charge on any atom is 0.195 e. The third-order valence-corrected chi connectivity index (χ3v) is 3.44. The van der Waals surface area contributed by atoms with Gasteiger partial charge in [-0.05, 0) is 51.1 Å². The van der Waals surface area contributed by atoms with Crippen molar-refractivity contribution in [1.82, 2.24) is 15.2 Å². The molecule has 3 rings (SSSR count). The number of aryl methyl sites for hydroxylation is 3. The molecule has 0 amide bonds. The summed E-state index contributed by atoms with van der Waals surface area (Å²) in [4.78, 5) is 17.1. The average Bonchev–Trinajstić information content (AvgIpc) is 2.48. The van der Waals surface area contributed by atoms with Gasteiger partial charge in [0.05, 0.1) is 16.9 Å². The average molecular weight is 277 g/mol. The van der Waals surface area contributed by atoms with E-state index in [0.29, 0.717) is 16.8 Å². The van der Waals surface area contributed by atoms with Crippen LogP contribution >= 0.6 is 0 Å². The van der Waals surface area contributed by atoms with Gasteiger partial charge in [0.25, 0.3) is 0 Å². The number of fused-ring (bicyclic) bond motifs is 1. The molecule has 4 heteroatoms. The Morgan fingerprint density at radius 3 is 2.52 bits per heavy atom. The fraction of sp³-hybridized carbons (Fsp3) is 0.176. The smallest absolute Gasteiger partial charge is 0.195 e. The molecular weight excluding hydrogens is 262 g/mol. The van der Waals surface area contributed by atoms with E-state index < -0.39 is 0 Å². The van der Waals surface area contributed by atoms with Crippen LogP contribution in [0.15, 0.2) is 36.4 Å². The van der Waals surface area contributed by atoms with Crippen LogP contribution in [-0.2, 0) is 0 Å². The van der Waals surface area contributed by atoms with E-state index in [4.69, 9.17) is 0 Å². The first kappa shape index (κ1) is 13.4. The Morgan fingerprint density at radius 2 is 1.71 bits per heavy atom. The summed E-state index contributed by atoms with van der Waals surface area (Å²) < 4.78 is 0. The second-order valence-corrected chi connectivity index (χ2v) is 5.17. The highest BCUT2D eigenvalue weighted by molar-refractivity contribution is 6.11. The van der Waals surface area contributed by atoms with Crippen molar-refractivity contribution in [2.24, 2.45) is 0 Å². The third-order valence-electron chi connectivity index (χ3n) is 3.44. The molecule has 2 heterocycles. The maximum atomic E-state index is 12.6. The lowest BCUT2D eigenvalue weighted by molar-refractivity contribution is 0.103. The molecule has 0 aliphatic heterocycles. The Balaban J connectivity index is 2.09. The standard InChI is InChI=1S/C17H15N3O/c1-10-4-5-13-9-14(6-7-16(13)18-10)17(21)15-8-11(2)19-20-12(15)3/h4-9H,1-3H3. The second-order valence-electron chi connectivity index (χ2n) is 5.17. The molecule has 0 spiro atoms. The van der Waals surface area contributed by atoms with Crippen LogP contribution < -0.4 is 0 Å². The lowest BCUT2D eigenvalue weighted by Crippen LogP contribution is -2.07. The minimum Gasteiger partial charge on any atom is -0.289 e. The van der Waals surface area contributed by atoms with E-state index in [1.807, 2.05) is 44.2 Å². The number of nitrogens with zero attached hydrogens (tertiary/aromatic N) is 3. The number of carbonyl (C=O) groups is 1. The number of hydrogen-bond acceptors (Lipinski definition) is 4. The first-order chi connectivity index (χ1) is 10.0. The first-order valence-corrected chi connectivity index (χ1v) is 6.77.